The van der Waals surface area contributed by atoms with Crippen LogP contribution in [0.2, 0.25) is 0 Å². The molecule has 4 heteroatoms. The van der Waals surface area contributed by atoms with Crippen molar-refractivity contribution in [1.82, 2.24) is 9.97 Å². The fraction of sp³-hybridized carbons (Fsp3) is 0.0667. The summed E-state index contributed by atoms with van der Waals surface area (Å²) >= 11 is 0. The normalized spacial score (nSPS) is 10.6. The van der Waals surface area contributed by atoms with Crippen molar-refractivity contribution in [3.63, 3.8) is 0 Å². The number of aromatic nitrogens is 2. The highest BCUT2D eigenvalue weighted by Gasteiger charge is 2.04. The number of ether oxygens (including phenoxy) is 1. The maximum absolute atomic E-state index is 5.90. The van der Waals surface area contributed by atoms with E-state index in [1.54, 1.807) is 12.4 Å². The van der Waals surface area contributed by atoms with Crippen molar-refractivity contribution in [2.75, 3.05) is 0 Å². The van der Waals surface area contributed by atoms with Crippen LogP contribution in [0.25, 0.3) is 10.9 Å². The second-order valence-electron chi connectivity index (χ2n) is 4.12. The van der Waals surface area contributed by atoms with E-state index in [9.17, 15) is 0 Å². The molecular weight excluding hydrogens is 238 g/mol. The van der Waals surface area contributed by atoms with Crippen molar-refractivity contribution in [2.24, 2.45) is 5.73 Å². The van der Waals surface area contributed by atoms with Crippen molar-refractivity contribution in [1.29, 1.82) is 0 Å². The van der Waals surface area contributed by atoms with Gasteiger partial charge < -0.3 is 10.5 Å². The van der Waals surface area contributed by atoms with Gasteiger partial charge in [0.25, 0.3) is 0 Å². The molecule has 0 aliphatic rings. The molecule has 1 aromatic carbocycles. The smallest absolute Gasteiger partial charge is 0.136 e. The van der Waals surface area contributed by atoms with Gasteiger partial charge in [0, 0.05) is 30.4 Å². The zero-order chi connectivity index (χ0) is 13.1. The van der Waals surface area contributed by atoms with Gasteiger partial charge in [-0.05, 0) is 30.3 Å². The first kappa shape index (κ1) is 11.6. The number of pyridine rings is 2. The van der Waals surface area contributed by atoms with E-state index in [2.05, 4.69) is 9.97 Å². The van der Waals surface area contributed by atoms with Crippen LogP contribution in [0.15, 0.2) is 54.9 Å². The molecule has 19 heavy (non-hydrogen) atoms. The third kappa shape index (κ3) is 2.39. The van der Waals surface area contributed by atoms with Gasteiger partial charge in [0.15, 0.2) is 0 Å². The van der Waals surface area contributed by atoms with Crippen LogP contribution in [0.5, 0.6) is 11.5 Å². The molecule has 2 N–H and O–H groups in total. The summed E-state index contributed by atoms with van der Waals surface area (Å²) in [5, 5.41) is 0.983. The minimum atomic E-state index is 0.397. The first-order chi connectivity index (χ1) is 9.36. The Kier molecular flexibility index (Phi) is 3.08. The Morgan fingerprint density at radius 1 is 1.00 bits per heavy atom. The fourth-order valence-electron chi connectivity index (χ4n) is 1.92. The topological polar surface area (TPSA) is 61.0 Å². The predicted octanol–water partition coefficient (Wildman–Crippen LogP) is 2.88. The summed E-state index contributed by atoms with van der Waals surface area (Å²) in [5.74, 6) is 1.51. The average molecular weight is 251 g/mol. The molecule has 0 amide bonds. The van der Waals surface area contributed by atoms with E-state index in [0.717, 1.165) is 28.1 Å². The highest BCUT2D eigenvalue weighted by molar-refractivity contribution is 5.85. The SMILES string of the molecule is NCc1cc(Oc2cccc3ncccc23)ccn1. The summed E-state index contributed by atoms with van der Waals surface area (Å²) in [4.78, 5) is 8.45. The van der Waals surface area contributed by atoms with Crippen molar-refractivity contribution in [3.8, 4) is 11.5 Å². The van der Waals surface area contributed by atoms with Crippen LogP contribution >= 0.6 is 0 Å². The van der Waals surface area contributed by atoms with Gasteiger partial charge in [0.2, 0.25) is 0 Å². The first-order valence-corrected chi connectivity index (χ1v) is 6.03. The number of nitrogens with zero attached hydrogens (tertiary/aromatic N) is 2. The van der Waals surface area contributed by atoms with Crippen molar-refractivity contribution < 1.29 is 4.74 Å². The summed E-state index contributed by atoms with van der Waals surface area (Å²) in [5.41, 5.74) is 7.29. The monoisotopic (exact) mass is 251 g/mol. The first-order valence-electron chi connectivity index (χ1n) is 6.03. The van der Waals surface area contributed by atoms with Gasteiger partial charge in [-0.25, -0.2) is 0 Å². The summed E-state index contributed by atoms with van der Waals surface area (Å²) in [6.07, 6.45) is 3.46. The number of fused-ring (bicyclic) bond motifs is 1. The standard InChI is InChI=1S/C15H13N3O/c16-10-11-9-12(6-8-17-11)19-15-5-1-4-14-13(15)3-2-7-18-14/h1-9H,10,16H2. The third-order valence-electron chi connectivity index (χ3n) is 2.83. The molecule has 0 aliphatic heterocycles. The van der Waals surface area contributed by atoms with Gasteiger partial charge in [-0.2, -0.15) is 0 Å². The maximum Gasteiger partial charge on any atom is 0.136 e. The van der Waals surface area contributed by atoms with Gasteiger partial charge in [-0.3, -0.25) is 9.97 Å². The number of rotatable bonds is 3. The van der Waals surface area contributed by atoms with Crippen LogP contribution in [-0.4, -0.2) is 9.97 Å². The molecule has 0 bridgehead atoms. The molecule has 0 saturated carbocycles. The van der Waals surface area contributed by atoms with Crippen LogP contribution in [0.3, 0.4) is 0 Å². The molecule has 0 atom stereocenters. The lowest BCUT2D eigenvalue weighted by Crippen LogP contribution is -1.99. The lowest BCUT2D eigenvalue weighted by Gasteiger charge is -2.09. The molecule has 94 valence electrons. The van der Waals surface area contributed by atoms with Crippen molar-refractivity contribution >= 4 is 10.9 Å². The van der Waals surface area contributed by atoms with E-state index in [0.29, 0.717) is 6.54 Å². The maximum atomic E-state index is 5.90. The Morgan fingerprint density at radius 3 is 2.84 bits per heavy atom. The zero-order valence-electron chi connectivity index (χ0n) is 10.3. The minimum Gasteiger partial charge on any atom is -0.457 e. The molecule has 0 fully saturated rings. The van der Waals surface area contributed by atoms with Gasteiger partial charge in [-0.1, -0.05) is 6.07 Å². The Labute approximate surface area is 110 Å². The number of nitrogens with two attached hydrogens (primary N) is 1. The molecule has 4 nitrogen and oxygen atoms in total. The van der Waals surface area contributed by atoms with Gasteiger partial charge in [-0.15, -0.1) is 0 Å². The van der Waals surface area contributed by atoms with Gasteiger partial charge in [0.1, 0.15) is 11.5 Å². The molecule has 3 rings (SSSR count). The van der Waals surface area contributed by atoms with Gasteiger partial charge in [0.05, 0.1) is 11.2 Å². The minimum absolute atomic E-state index is 0.397. The zero-order valence-corrected chi connectivity index (χ0v) is 10.3. The Hall–Kier alpha value is -2.46. The molecule has 2 aromatic heterocycles. The number of hydrogen-bond acceptors (Lipinski definition) is 4. The van der Waals surface area contributed by atoms with Crippen LogP contribution in [-0.2, 0) is 6.54 Å². The van der Waals surface area contributed by atoms with Crippen LogP contribution in [0, 0.1) is 0 Å². The van der Waals surface area contributed by atoms with Crippen LogP contribution < -0.4 is 10.5 Å². The number of benzene rings is 1. The molecule has 0 spiro atoms. The average Bonchev–Trinajstić information content (AvgIpc) is 2.48. The quantitative estimate of drug-likeness (QED) is 0.777. The molecule has 0 saturated heterocycles. The summed E-state index contributed by atoms with van der Waals surface area (Å²) in [6.45, 7) is 0.397. The Balaban J connectivity index is 2.01. The van der Waals surface area contributed by atoms with Crippen molar-refractivity contribution in [2.45, 2.75) is 6.54 Å². The van der Waals surface area contributed by atoms with E-state index >= 15 is 0 Å². The largest absolute Gasteiger partial charge is 0.457 e. The summed E-state index contributed by atoms with van der Waals surface area (Å²) in [7, 11) is 0. The van der Waals surface area contributed by atoms with Gasteiger partial charge >= 0.3 is 0 Å². The lowest BCUT2D eigenvalue weighted by atomic mass is 10.2. The molecular formula is C15H13N3O. The Morgan fingerprint density at radius 2 is 1.95 bits per heavy atom. The van der Waals surface area contributed by atoms with Crippen molar-refractivity contribution in [3.05, 3.63) is 60.6 Å². The second-order valence-corrected chi connectivity index (χ2v) is 4.12. The third-order valence-corrected chi connectivity index (χ3v) is 2.83. The second kappa shape index (κ2) is 5.04. The molecule has 0 radical (unpaired) electrons. The Bertz CT molecular complexity index is 707. The fourth-order valence-corrected chi connectivity index (χ4v) is 1.92. The lowest BCUT2D eigenvalue weighted by molar-refractivity contribution is 0.486. The molecule has 0 unspecified atom stereocenters. The molecule has 3 aromatic rings. The van der Waals surface area contributed by atoms with E-state index in [1.807, 2.05) is 42.5 Å². The summed E-state index contributed by atoms with van der Waals surface area (Å²) < 4.78 is 5.90. The van der Waals surface area contributed by atoms with Crippen LogP contribution in [0.4, 0.5) is 0 Å². The van der Waals surface area contributed by atoms with E-state index in [4.69, 9.17) is 10.5 Å². The highest BCUT2D eigenvalue weighted by atomic mass is 16.5. The molecule has 2 heterocycles. The van der Waals surface area contributed by atoms with E-state index in [-0.39, 0.29) is 0 Å². The number of hydrogen-bond donors (Lipinski definition) is 1. The predicted molar refractivity (Wildman–Crippen MR) is 73.9 cm³/mol. The van der Waals surface area contributed by atoms with Crippen LogP contribution in [0.1, 0.15) is 5.69 Å². The van der Waals surface area contributed by atoms with E-state index in [1.165, 1.54) is 0 Å². The highest BCUT2D eigenvalue weighted by Crippen LogP contribution is 2.28. The summed E-state index contributed by atoms with van der Waals surface area (Å²) in [6, 6.07) is 13.3. The van der Waals surface area contributed by atoms with E-state index < -0.39 is 0 Å². The molecule has 0 aliphatic carbocycles.